The second kappa shape index (κ2) is 7.99. The Balaban J connectivity index is 1.84. The van der Waals surface area contributed by atoms with Crippen molar-refractivity contribution in [2.24, 2.45) is 0 Å². The third-order valence-corrected chi connectivity index (χ3v) is 4.65. The van der Waals surface area contributed by atoms with Crippen LogP contribution in [0.4, 0.5) is 4.39 Å². The van der Waals surface area contributed by atoms with E-state index < -0.39 is 0 Å². The van der Waals surface area contributed by atoms with Crippen LogP contribution in [0.15, 0.2) is 54.6 Å². The number of halogens is 1. The van der Waals surface area contributed by atoms with Crippen molar-refractivity contribution in [3.05, 3.63) is 71.5 Å². The number of hydrogen-bond acceptors (Lipinski definition) is 2. The monoisotopic (exact) mass is 317 g/mol. The smallest absolute Gasteiger partial charge is 0.233 e. The van der Waals surface area contributed by atoms with E-state index in [9.17, 15) is 9.18 Å². The molecule has 0 fully saturated rings. The summed E-state index contributed by atoms with van der Waals surface area (Å²) in [6.45, 7) is 3.81. The van der Waals surface area contributed by atoms with Gasteiger partial charge in [0.1, 0.15) is 5.82 Å². The SMILES string of the molecule is C[C@H](SCc1ccccc1)C(=O)N[C@@H](C)c1ccc(F)cc1. The third kappa shape index (κ3) is 4.88. The van der Waals surface area contributed by atoms with Crippen molar-refractivity contribution in [2.45, 2.75) is 30.9 Å². The van der Waals surface area contributed by atoms with Crippen LogP contribution in [0.5, 0.6) is 0 Å². The Morgan fingerprint density at radius 3 is 2.36 bits per heavy atom. The van der Waals surface area contributed by atoms with Crippen LogP contribution >= 0.6 is 11.8 Å². The summed E-state index contributed by atoms with van der Waals surface area (Å²) in [7, 11) is 0. The third-order valence-electron chi connectivity index (χ3n) is 3.44. The average Bonchev–Trinajstić information content (AvgIpc) is 2.54. The van der Waals surface area contributed by atoms with Crippen LogP contribution < -0.4 is 5.32 Å². The highest BCUT2D eigenvalue weighted by molar-refractivity contribution is 7.99. The highest BCUT2D eigenvalue weighted by Gasteiger charge is 2.16. The van der Waals surface area contributed by atoms with Gasteiger partial charge in [-0.15, -0.1) is 11.8 Å². The van der Waals surface area contributed by atoms with Gasteiger partial charge in [-0.1, -0.05) is 42.5 Å². The van der Waals surface area contributed by atoms with E-state index >= 15 is 0 Å². The molecule has 1 amide bonds. The quantitative estimate of drug-likeness (QED) is 0.859. The van der Waals surface area contributed by atoms with Crippen molar-refractivity contribution < 1.29 is 9.18 Å². The van der Waals surface area contributed by atoms with Gasteiger partial charge in [-0.05, 0) is 37.1 Å². The van der Waals surface area contributed by atoms with Gasteiger partial charge < -0.3 is 5.32 Å². The summed E-state index contributed by atoms with van der Waals surface area (Å²) in [6, 6.07) is 16.2. The van der Waals surface area contributed by atoms with Gasteiger partial charge in [0.2, 0.25) is 5.91 Å². The van der Waals surface area contributed by atoms with Gasteiger partial charge in [0.25, 0.3) is 0 Å². The minimum absolute atomic E-state index is 0.00208. The minimum Gasteiger partial charge on any atom is -0.349 e. The maximum absolute atomic E-state index is 12.9. The van der Waals surface area contributed by atoms with E-state index in [-0.39, 0.29) is 23.0 Å². The highest BCUT2D eigenvalue weighted by Crippen LogP contribution is 2.19. The fraction of sp³-hybridized carbons (Fsp3) is 0.278. The number of nitrogens with one attached hydrogen (secondary N) is 1. The Hall–Kier alpha value is -1.81. The van der Waals surface area contributed by atoms with E-state index in [1.54, 1.807) is 23.9 Å². The van der Waals surface area contributed by atoms with Crippen molar-refractivity contribution in [3.63, 3.8) is 0 Å². The van der Waals surface area contributed by atoms with Crippen molar-refractivity contribution in [2.75, 3.05) is 0 Å². The Bertz CT molecular complexity index is 600. The molecule has 0 aliphatic rings. The van der Waals surface area contributed by atoms with E-state index in [1.165, 1.54) is 17.7 Å². The molecular weight excluding hydrogens is 297 g/mol. The molecule has 116 valence electrons. The lowest BCUT2D eigenvalue weighted by atomic mass is 10.1. The van der Waals surface area contributed by atoms with Crippen molar-refractivity contribution in [3.8, 4) is 0 Å². The van der Waals surface area contributed by atoms with Crippen LogP contribution in [-0.4, -0.2) is 11.2 Å². The van der Waals surface area contributed by atoms with E-state index in [1.807, 2.05) is 32.0 Å². The summed E-state index contributed by atoms with van der Waals surface area (Å²) in [5.41, 5.74) is 2.11. The topological polar surface area (TPSA) is 29.1 Å². The summed E-state index contributed by atoms with van der Waals surface area (Å²) in [4.78, 5) is 12.2. The zero-order valence-electron chi connectivity index (χ0n) is 12.8. The zero-order valence-corrected chi connectivity index (χ0v) is 13.6. The summed E-state index contributed by atoms with van der Waals surface area (Å²) in [5.74, 6) is 0.534. The summed E-state index contributed by atoms with van der Waals surface area (Å²) in [5, 5.41) is 2.83. The molecule has 0 aliphatic heterocycles. The number of benzene rings is 2. The van der Waals surface area contributed by atoms with Gasteiger partial charge in [-0.3, -0.25) is 4.79 Å². The van der Waals surface area contributed by atoms with Gasteiger partial charge in [0.05, 0.1) is 11.3 Å². The van der Waals surface area contributed by atoms with E-state index in [2.05, 4.69) is 17.4 Å². The predicted molar refractivity (Wildman–Crippen MR) is 90.2 cm³/mol. The second-order valence-corrected chi connectivity index (χ2v) is 6.55. The number of thioether (sulfide) groups is 1. The van der Waals surface area contributed by atoms with Crippen molar-refractivity contribution in [1.29, 1.82) is 0 Å². The first kappa shape index (κ1) is 16.6. The molecule has 0 unspecified atom stereocenters. The molecule has 0 saturated carbocycles. The zero-order chi connectivity index (χ0) is 15.9. The molecule has 0 aromatic heterocycles. The van der Waals surface area contributed by atoms with Crippen LogP contribution in [0.1, 0.15) is 31.0 Å². The highest BCUT2D eigenvalue weighted by atomic mass is 32.2. The number of amides is 1. The average molecular weight is 317 g/mol. The van der Waals surface area contributed by atoms with Crippen LogP contribution in [0, 0.1) is 5.82 Å². The maximum atomic E-state index is 12.9. The molecule has 22 heavy (non-hydrogen) atoms. The van der Waals surface area contributed by atoms with Crippen LogP contribution in [0.2, 0.25) is 0 Å². The lowest BCUT2D eigenvalue weighted by Gasteiger charge is -2.18. The molecule has 2 aromatic rings. The Morgan fingerprint density at radius 1 is 1.09 bits per heavy atom. The molecule has 0 spiro atoms. The molecule has 0 heterocycles. The Morgan fingerprint density at radius 2 is 1.73 bits per heavy atom. The molecule has 1 N–H and O–H groups in total. The largest absolute Gasteiger partial charge is 0.349 e. The van der Waals surface area contributed by atoms with Crippen molar-refractivity contribution in [1.82, 2.24) is 5.32 Å². The van der Waals surface area contributed by atoms with Crippen LogP contribution in [0.25, 0.3) is 0 Å². The predicted octanol–water partition coefficient (Wildman–Crippen LogP) is 4.32. The van der Waals surface area contributed by atoms with Crippen LogP contribution in [0.3, 0.4) is 0 Å². The normalized spacial score (nSPS) is 13.4. The number of hydrogen-bond donors (Lipinski definition) is 1. The van der Waals surface area contributed by atoms with E-state index in [0.29, 0.717) is 0 Å². The molecule has 2 atom stereocenters. The molecule has 2 nitrogen and oxygen atoms in total. The molecular formula is C18H20FNOS. The number of carbonyl (C=O) groups is 1. The van der Waals surface area contributed by atoms with E-state index in [0.717, 1.165) is 11.3 Å². The van der Waals surface area contributed by atoms with E-state index in [4.69, 9.17) is 0 Å². The molecule has 2 rings (SSSR count). The lowest BCUT2D eigenvalue weighted by Crippen LogP contribution is -2.33. The fourth-order valence-electron chi connectivity index (χ4n) is 2.04. The van der Waals surface area contributed by atoms with Crippen molar-refractivity contribution >= 4 is 17.7 Å². The molecule has 2 aromatic carbocycles. The Kier molecular flexibility index (Phi) is 6.01. The van der Waals surface area contributed by atoms with Gasteiger partial charge in [-0.2, -0.15) is 0 Å². The molecule has 0 saturated heterocycles. The number of rotatable bonds is 6. The van der Waals surface area contributed by atoms with Gasteiger partial charge >= 0.3 is 0 Å². The molecule has 4 heteroatoms. The molecule has 0 bridgehead atoms. The Labute approximate surface area is 135 Å². The maximum Gasteiger partial charge on any atom is 0.233 e. The van der Waals surface area contributed by atoms with Crippen LogP contribution in [-0.2, 0) is 10.5 Å². The standard InChI is InChI=1S/C18H20FNOS/c1-13(16-8-10-17(19)11-9-16)20-18(21)14(2)22-12-15-6-4-3-5-7-15/h3-11,13-14H,12H2,1-2H3,(H,20,21)/t13-,14-/m0/s1. The second-order valence-electron chi connectivity index (χ2n) is 5.22. The molecule has 0 aliphatic carbocycles. The first-order valence-corrected chi connectivity index (χ1v) is 8.32. The first-order valence-electron chi connectivity index (χ1n) is 7.27. The lowest BCUT2D eigenvalue weighted by molar-refractivity contribution is -0.120. The minimum atomic E-state index is -0.269. The summed E-state index contributed by atoms with van der Waals surface area (Å²) < 4.78 is 12.9. The van der Waals surface area contributed by atoms with Gasteiger partial charge in [-0.25, -0.2) is 4.39 Å². The number of carbonyl (C=O) groups excluding carboxylic acids is 1. The summed E-state index contributed by atoms with van der Waals surface area (Å²) >= 11 is 1.61. The molecule has 0 radical (unpaired) electrons. The fourth-order valence-corrected chi connectivity index (χ4v) is 2.89. The van der Waals surface area contributed by atoms with Gasteiger partial charge in [0.15, 0.2) is 0 Å². The first-order chi connectivity index (χ1) is 10.6. The van der Waals surface area contributed by atoms with Gasteiger partial charge in [0, 0.05) is 5.75 Å². The summed E-state index contributed by atoms with van der Waals surface area (Å²) in [6.07, 6.45) is 0.